The minimum absolute atomic E-state index is 0.115. The molecule has 3 heteroatoms. The molecule has 0 heterocycles. The number of nitrogens with one attached hydrogen (secondary N) is 1. The summed E-state index contributed by atoms with van der Waals surface area (Å²) in [5, 5.41) is 3.54. The first-order valence-electron chi connectivity index (χ1n) is 7.18. The predicted octanol–water partition coefficient (Wildman–Crippen LogP) is 4.54. The van der Waals surface area contributed by atoms with Gasteiger partial charge >= 0.3 is 0 Å². The Morgan fingerprint density at radius 1 is 1.26 bits per heavy atom. The highest BCUT2D eigenvalue weighted by molar-refractivity contribution is 5.24. The van der Waals surface area contributed by atoms with E-state index < -0.39 is 6.43 Å². The van der Waals surface area contributed by atoms with Crippen molar-refractivity contribution in [1.29, 1.82) is 0 Å². The van der Waals surface area contributed by atoms with Crippen molar-refractivity contribution in [3.05, 3.63) is 35.4 Å². The van der Waals surface area contributed by atoms with Gasteiger partial charge in [0.05, 0.1) is 0 Å². The predicted molar refractivity (Wildman–Crippen MR) is 74.2 cm³/mol. The normalized spacial score (nSPS) is 27.7. The average molecular weight is 267 g/mol. The van der Waals surface area contributed by atoms with E-state index in [1.54, 1.807) is 12.1 Å². The topological polar surface area (TPSA) is 12.0 Å². The van der Waals surface area contributed by atoms with Crippen molar-refractivity contribution in [2.45, 2.75) is 52.1 Å². The van der Waals surface area contributed by atoms with Crippen molar-refractivity contribution < 1.29 is 8.78 Å². The van der Waals surface area contributed by atoms with Gasteiger partial charge in [0.15, 0.2) is 0 Å². The monoisotopic (exact) mass is 267 g/mol. The lowest BCUT2D eigenvalue weighted by molar-refractivity contribution is 0.151. The molecule has 3 unspecified atom stereocenters. The van der Waals surface area contributed by atoms with Crippen LogP contribution in [0.1, 0.15) is 50.7 Å². The van der Waals surface area contributed by atoms with Crippen LogP contribution < -0.4 is 5.32 Å². The van der Waals surface area contributed by atoms with E-state index in [1.165, 1.54) is 25.3 Å². The van der Waals surface area contributed by atoms with Gasteiger partial charge in [0.1, 0.15) is 0 Å². The largest absolute Gasteiger partial charge is 0.310 e. The smallest absolute Gasteiger partial charge is 0.263 e. The summed E-state index contributed by atoms with van der Waals surface area (Å²) < 4.78 is 25.3. The standard InChI is InChI=1S/C16H23F2N/c1-11-5-3-8-15(12(11)2)19-10-13-6-4-7-14(9-13)16(17)18/h4,6-7,9,11-12,15-16,19H,3,5,8,10H2,1-2H3. The van der Waals surface area contributed by atoms with Gasteiger partial charge in [-0.1, -0.05) is 44.9 Å². The maximum Gasteiger partial charge on any atom is 0.263 e. The van der Waals surface area contributed by atoms with Crippen LogP contribution in [-0.4, -0.2) is 6.04 Å². The van der Waals surface area contributed by atoms with Gasteiger partial charge in [-0.2, -0.15) is 0 Å². The van der Waals surface area contributed by atoms with Crippen molar-refractivity contribution in [3.63, 3.8) is 0 Å². The quantitative estimate of drug-likeness (QED) is 0.844. The summed E-state index contributed by atoms with van der Waals surface area (Å²) in [6.45, 7) is 5.27. The number of rotatable bonds is 4. The van der Waals surface area contributed by atoms with E-state index in [4.69, 9.17) is 0 Å². The van der Waals surface area contributed by atoms with E-state index in [0.717, 1.165) is 11.5 Å². The number of benzene rings is 1. The molecule has 0 aliphatic heterocycles. The van der Waals surface area contributed by atoms with Gasteiger partial charge in [-0.3, -0.25) is 0 Å². The Bertz CT molecular complexity index is 405. The van der Waals surface area contributed by atoms with Crippen LogP contribution in [0.15, 0.2) is 24.3 Å². The fourth-order valence-corrected chi connectivity index (χ4v) is 2.96. The molecule has 1 aliphatic rings. The number of halogens is 2. The zero-order chi connectivity index (χ0) is 13.8. The fourth-order valence-electron chi connectivity index (χ4n) is 2.96. The van der Waals surface area contributed by atoms with E-state index in [2.05, 4.69) is 19.2 Å². The van der Waals surface area contributed by atoms with Crippen LogP contribution in [0.5, 0.6) is 0 Å². The second kappa shape index (κ2) is 6.47. The third kappa shape index (κ3) is 3.75. The lowest BCUT2D eigenvalue weighted by atomic mass is 9.78. The lowest BCUT2D eigenvalue weighted by Gasteiger charge is -2.34. The third-order valence-corrected chi connectivity index (χ3v) is 4.48. The molecule has 1 nitrogen and oxygen atoms in total. The van der Waals surface area contributed by atoms with Crippen LogP contribution in [0.4, 0.5) is 8.78 Å². The molecule has 1 aliphatic carbocycles. The van der Waals surface area contributed by atoms with E-state index in [9.17, 15) is 8.78 Å². The Kier molecular flexibility index (Phi) is 4.92. The van der Waals surface area contributed by atoms with Gasteiger partial charge in [-0.15, -0.1) is 0 Å². The minimum Gasteiger partial charge on any atom is -0.310 e. The molecule has 3 atom stereocenters. The molecule has 0 amide bonds. The average Bonchev–Trinajstić information content (AvgIpc) is 2.41. The Morgan fingerprint density at radius 3 is 2.79 bits per heavy atom. The van der Waals surface area contributed by atoms with E-state index >= 15 is 0 Å². The first kappa shape index (κ1) is 14.4. The second-order valence-electron chi connectivity index (χ2n) is 5.80. The SMILES string of the molecule is CC1CCCC(NCc2cccc(C(F)F)c2)C1C. The van der Waals surface area contributed by atoms with Crippen LogP contribution >= 0.6 is 0 Å². The summed E-state index contributed by atoms with van der Waals surface area (Å²) in [5.74, 6) is 1.41. The Labute approximate surface area is 114 Å². The molecular formula is C16H23F2N. The summed E-state index contributed by atoms with van der Waals surface area (Å²) in [4.78, 5) is 0. The molecule has 1 saturated carbocycles. The molecule has 0 radical (unpaired) electrons. The third-order valence-electron chi connectivity index (χ3n) is 4.48. The van der Waals surface area contributed by atoms with Crippen LogP contribution in [-0.2, 0) is 6.54 Å². The Morgan fingerprint density at radius 2 is 2.05 bits per heavy atom. The number of hydrogen-bond acceptors (Lipinski definition) is 1. The first-order chi connectivity index (χ1) is 9.08. The number of alkyl halides is 2. The molecule has 2 rings (SSSR count). The van der Waals surface area contributed by atoms with Crippen molar-refractivity contribution >= 4 is 0 Å². The molecule has 1 N–H and O–H groups in total. The highest BCUT2D eigenvalue weighted by Gasteiger charge is 2.26. The molecule has 0 aromatic heterocycles. The zero-order valence-electron chi connectivity index (χ0n) is 11.7. The van der Waals surface area contributed by atoms with E-state index in [1.807, 2.05) is 6.07 Å². The zero-order valence-corrected chi connectivity index (χ0v) is 11.7. The fraction of sp³-hybridized carbons (Fsp3) is 0.625. The minimum atomic E-state index is -2.38. The molecule has 0 spiro atoms. The van der Waals surface area contributed by atoms with Crippen LogP contribution in [0.25, 0.3) is 0 Å². The van der Waals surface area contributed by atoms with Gasteiger partial charge < -0.3 is 5.32 Å². The molecular weight excluding hydrogens is 244 g/mol. The summed E-state index contributed by atoms with van der Waals surface area (Å²) in [7, 11) is 0. The summed E-state index contributed by atoms with van der Waals surface area (Å²) in [6, 6.07) is 7.23. The highest BCUT2D eigenvalue weighted by atomic mass is 19.3. The van der Waals surface area contributed by atoms with Gasteiger partial charge in [-0.25, -0.2) is 8.78 Å². The maximum absolute atomic E-state index is 12.6. The lowest BCUT2D eigenvalue weighted by Crippen LogP contribution is -2.40. The first-order valence-corrected chi connectivity index (χ1v) is 7.18. The van der Waals surface area contributed by atoms with Gasteiger partial charge in [0.25, 0.3) is 6.43 Å². The summed E-state index contributed by atoms with van der Waals surface area (Å²) in [6.07, 6.45) is 1.38. The molecule has 1 aromatic rings. The summed E-state index contributed by atoms with van der Waals surface area (Å²) in [5.41, 5.74) is 1.06. The maximum atomic E-state index is 12.6. The summed E-state index contributed by atoms with van der Waals surface area (Å²) >= 11 is 0. The molecule has 106 valence electrons. The van der Waals surface area contributed by atoms with Crippen LogP contribution in [0.3, 0.4) is 0 Å². The molecule has 19 heavy (non-hydrogen) atoms. The van der Waals surface area contributed by atoms with E-state index in [-0.39, 0.29) is 5.56 Å². The highest BCUT2D eigenvalue weighted by Crippen LogP contribution is 2.29. The van der Waals surface area contributed by atoms with Crippen molar-refractivity contribution in [1.82, 2.24) is 5.32 Å². The van der Waals surface area contributed by atoms with Crippen molar-refractivity contribution in [2.75, 3.05) is 0 Å². The van der Waals surface area contributed by atoms with Gasteiger partial charge in [0, 0.05) is 18.2 Å². The molecule has 1 aromatic carbocycles. The van der Waals surface area contributed by atoms with Crippen molar-refractivity contribution in [3.8, 4) is 0 Å². The van der Waals surface area contributed by atoms with Gasteiger partial charge in [-0.05, 0) is 29.9 Å². The number of hydrogen-bond donors (Lipinski definition) is 1. The van der Waals surface area contributed by atoms with Crippen LogP contribution in [0.2, 0.25) is 0 Å². The van der Waals surface area contributed by atoms with Gasteiger partial charge in [0.2, 0.25) is 0 Å². The van der Waals surface area contributed by atoms with E-state index in [0.29, 0.717) is 18.5 Å². The second-order valence-corrected chi connectivity index (χ2v) is 5.80. The molecule has 0 bridgehead atoms. The Balaban J connectivity index is 1.93. The van der Waals surface area contributed by atoms with Crippen LogP contribution in [0, 0.1) is 11.8 Å². The van der Waals surface area contributed by atoms with Crippen molar-refractivity contribution in [2.24, 2.45) is 11.8 Å². The Hall–Kier alpha value is -0.960. The molecule has 0 saturated heterocycles. The molecule has 1 fully saturated rings.